The molecular weight excluding hydrogens is 196 g/mol. The summed E-state index contributed by atoms with van der Waals surface area (Å²) >= 11 is 0. The fourth-order valence-electron chi connectivity index (χ4n) is 1.59. The van der Waals surface area contributed by atoms with Gasteiger partial charge in [0.1, 0.15) is 0 Å². The number of imide groups is 1. The zero-order chi connectivity index (χ0) is 11.6. The van der Waals surface area contributed by atoms with Crippen LogP contribution in [-0.4, -0.2) is 40.5 Å². The summed E-state index contributed by atoms with van der Waals surface area (Å²) < 4.78 is 0. The van der Waals surface area contributed by atoms with Crippen molar-refractivity contribution in [3.8, 4) is 0 Å². The third-order valence-corrected chi connectivity index (χ3v) is 2.66. The highest BCUT2D eigenvalue weighted by Gasteiger charge is 2.31. The van der Waals surface area contributed by atoms with Crippen LogP contribution in [0.4, 0.5) is 0 Å². The van der Waals surface area contributed by atoms with Crippen LogP contribution in [-0.2, 0) is 9.59 Å². The molecule has 5 nitrogen and oxygen atoms in total. The van der Waals surface area contributed by atoms with Gasteiger partial charge in [-0.3, -0.25) is 14.5 Å². The van der Waals surface area contributed by atoms with Crippen LogP contribution in [0.2, 0.25) is 0 Å². The van der Waals surface area contributed by atoms with Gasteiger partial charge in [0.05, 0.1) is 6.10 Å². The highest BCUT2D eigenvalue weighted by molar-refractivity contribution is 5.97. The fraction of sp³-hybridized carbons (Fsp3) is 0.800. The molecule has 5 heteroatoms. The first-order chi connectivity index (χ1) is 6.91. The number of likely N-dealkylation sites (tertiary alicyclic amines) is 1. The third kappa shape index (κ3) is 3.00. The van der Waals surface area contributed by atoms with Gasteiger partial charge in [0.15, 0.2) is 0 Å². The molecule has 2 atom stereocenters. The van der Waals surface area contributed by atoms with Crippen LogP contribution in [0.5, 0.6) is 0 Å². The van der Waals surface area contributed by atoms with Crippen molar-refractivity contribution in [1.82, 2.24) is 4.90 Å². The maximum atomic E-state index is 11.5. The molecule has 0 aliphatic carbocycles. The Morgan fingerprint density at radius 1 is 1.47 bits per heavy atom. The van der Waals surface area contributed by atoms with Gasteiger partial charge < -0.3 is 10.8 Å². The molecule has 3 N–H and O–H groups in total. The van der Waals surface area contributed by atoms with Crippen molar-refractivity contribution >= 4 is 11.8 Å². The smallest absolute Gasteiger partial charge is 0.229 e. The minimum Gasteiger partial charge on any atom is -0.392 e. The monoisotopic (exact) mass is 214 g/mol. The molecule has 1 fully saturated rings. The molecule has 1 heterocycles. The van der Waals surface area contributed by atoms with Crippen LogP contribution >= 0.6 is 0 Å². The number of amides is 2. The number of piperidine rings is 1. The van der Waals surface area contributed by atoms with E-state index >= 15 is 0 Å². The molecule has 0 aromatic rings. The second-order valence-corrected chi connectivity index (χ2v) is 4.32. The lowest BCUT2D eigenvalue weighted by Crippen LogP contribution is -2.51. The average molecular weight is 214 g/mol. The predicted molar refractivity (Wildman–Crippen MR) is 54.8 cm³/mol. The van der Waals surface area contributed by atoms with Gasteiger partial charge in [-0.05, 0) is 12.8 Å². The van der Waals surface area contributed by atoms with Gasteiger partial charge in [-0.2, -0.15) is 0 Å². The molecule has 86 valence electrons. The molecule has 1 saturated heterocycles. The normalized spacial score (nSPS) is 23.1. The first-order valence-corrected chi connectivity index (χ1v) is 5.18. The van der Waals surface area contributed by atoms with Crippen LogP contribution in [0.15, 0.2) is 0 Å². The number of rotatable bonds is 3. The molecule has 0 bridgehead atoms. The Bertz CT molecular complexity index is 247. The van der Waals surface area contributed by atoms with Crippen LogP contribution in [0, 0.1) is 5.92 Å². The summed E-state index contributed by atoms with van der Waals surface area (Å²) in [7, 11) is 0. The van der Waals surface area contributed by atoms with Crippen molar-refractivity contribution in [2.45, 2.75) is 38.8 Å². The van der Waals surface area contributed by atoms with Crippen LogP contribution in [0.25, 0.3) is 0 Å². The maximum absolute atomic E-state index is 11.5. The van der Waals surface area contributed by atoms with Gasteiger partial charge in [-0.15, -0.1) is 0 Å². The maximum Gasteiger partial charge on any atom is 0.229 e. The van der Waals surface area contributed by atoms with Gasteiger partial charge in [-0.25, -0.2) is 0 Å². The lowest BCUT2D eigenvalue weighted by Gasteiger charge is -2.30. The van der Waals surface area contributed by atoms with E-state index < -0.39 is 12.1 Å². The summed E-state index contributed by atoms with van der Waals surface area (Å²) in [5.41, 5.74) is 5.61. The number of aliphatic hydroxyl groups is 1. The first kappa shape index (κ1) is 12.1. The van der Waals surface area contributed by atoms with Crippen molar-refractivity contribution in [2.24, 2.45) is 11.7 Å². The van der Waals surface area contributed by atoms with E-state index in [4.69, 9.17) is 5.73 Å². The first-order valence-electron chi connectivity index (χ1n) is 5.18. The van der Waals surface area contributed by atoms with Crippen LogP contribution < -0.4 is 5.73 Å². The van der Waals surface area contributed by atoms with Crippen molar-refractivity contribution in [3.05, 3.63) is 0 Å². The van der Waals surface area contributed by atoms with Gasteiger partial charge >= 0.3 is 0 Å². The topological polar surface area (TPSA) is 83.6 Å². The van der Waals surface area contributed by atoms with Gasteiger partial charge in [0.2, 0.25) is 11.8 Å². The van der Waals surface area contributed by atoms with E-state index in [1.54, 1.807) is 6.92 Å². The lowest BCUT2D eigenvalue weighted by atomic mass is 9.97. The summed E-state index contributed by atoms with van der Waals surface area (Å²) in [5, 5.41) is 9.20. The zero-order valence-corrected chi connectivity index (χ0v) is 9.14. The predicted octanol–water partition coefficient (Wildman–Crippen LogP) is -0.520. The molecule has 0 aromatic heterocycles. The number of nitrogens with two attached hydrogens (primary N) is 1. The molecule has 0 radical (unpaired) electrons. The van der Waals surface area contributed by atoms with E-state index in [9.17, 15) is 14.7 Å². The SMILES string of the molecule is CC1CC(=O)N(CC(N)C(C)O)C(=O)C1. The van der Waals surface area contributed by atoms with Crippen LogP contribution in [0.1, 0.15) is 26.7 Å². The Balaban J connectivity index is 2.61. The number of hydrogen-bond donors (Lipinski definition) is 2. The van der Waals surface area contributed by atoms with E-state index in [-0.39, 0.29) is 24.3 Å². The van der Waals surface area contributed by atoms with Crippen molar-refractivity contribution in [2.75, 3.05) is 6.54 Å². The molecule has 1 aliphatic heterocycles. The molecule has 0 saturated carbocycles. The Morgan fingerprint density at radius 2 is 1.93 bits per heavy atom. The second-order valence-electron chi connectivity index (χ2n) is 4.32. The van der Waals surface area contributed by atoms with Crippen LogP contribution in [0.3, 0.4) is 0 Å². The highest BCUT2D eigenvalue weighted by atomic mass is 16.3. The standard InChI is InChI=1S/C10H18N2O3/c1-6-3-9(14)12(10(15)4-6)5-8(11)7(2)13/h6-8,13H,3-5,11H2,1-2H3. The molecular formula is C10H18N2O3. The number of nitrogens with zero attached hydrogens (tertiary/aromatic N) is 1. The highest BCUT2D eigenvalue weighted by Crippen LogP contribution is 2.18. The van der Waals surface area contributed by atoms with Crippen molar-refractivity contribution < 1.29 is 14.7 Å². The Hall–Kier alpha value is -0.940. The van der Waals surface area contributed by atoms with E-state index in [0.29, 0.717) is 12.8 Å². The van der Waals surface area contributed by atoms with E-state index in [1.165, 1.54) is 0 Å². The molecule has 1 aliphatic rings. The molecule has 1 rings (SSSR count). The molecule has 0 spiro atoms. The molecule has 0 aromatic carbocycles. The van der Waals surface area contributed by atoms with Gasteiger partial charge in [-0.1, -0.05) is 6.92 Å². The summed E-state index contributed by atoms with van der Waals surface area (Å²) in [6.45, 7) is 3.54. The Kier molecular flexibility index (Phi) is 3.82. The van der Waals surface area contributed by atoms with E-state index in [2.05, 4.69) is 0 Å². The number of carbonyl (C=O) groups excluding carboxylic acids is 2. The van der Waals surface area contributed by atoms with Gasteiger partial charge in [0.25, 0.3) is 0 Å². The molecule has 2 amide bonds. The number of carbonyl (C=O) groups is 2. The quantitative estimate of drug-likeness (QED) is 0.619. The summed E-state index contributed by atoms with van der Waals surface area (Å²) in [4.78, 5) is 24.2. The van der Waals surface area contributed by atoms with Crippen molar-refractivity contribution in [3.63, 3.8) is 0 Å². The van der Waals surface area contributed by atoms with Gasteiger partial charge in [0, 0.05) is 25.4 Å². The minimum atomic E-state index is -0.718. The molecule has 2 unspecified atom stereocenters. The largest absolute Gasteiger partial charge is 0.392 e. The minimum absolute atomic E-state index is 0.113. The number of hydrogen-bond acceptors (Lipinski definition) is 4. The molecule has 15 heavy (non-hydrogen) atoms. The summed E-state index contributed by atoms with van der Waals surface area (Å²) in [6.07, 6.45) is 0.0567. The summed E-state index contributed by atoms with van der Waals surface area (Å²) in [6, 6.07) is -0.564. The average Bonchev–Trinajstić information content (AvgIpc) is 2.10. The third-order valence-electron chi connectivity index (χ3n) is 2.66. The van der Waals surface area contributed by atoms with Crippen molar-refractivity contribution in [1.29, 1.82) is 0 Å². The Labute approximate surface area is 89.2 Å². The second kappa shape index (κ2) is 4.72. The fourth-order valence-corrected chi connectivity index (χ4v) is 1.59. The van der Waals surface area contributed by atoms with E-state index in [0.717, 1.165) is 4.90 Å². The Morgan fingerprint density at radius 3 is 2.33 bits per heavy atom. The van der Waals surface area contributed by atoms with E-state index in [1.807, 2.05) is 6.92 Å². The summed E-state index contributed by atoms with van der Waals surface area (Å²) in [5.74, 6) is -0.256. The number of aliphatic hydroxyl groups excluding tert-OH is 1. The lowest BCUT2D eigenvalue weighted by molar-refractivity contribution is -0.150. The zero-order valence-electron chi connectivity index (χ0n) is 9.14.